The Bertz CT molecular complexity index is 2580. The number of nitrogens with two attached hydrogens (primary N) is 2. The smallest absolute Gasteiger partial charge is 0.453 e. The van der Waals surface area contributed by atoms with Crippen LogP contribution >= 0.6 is 7.82 Å². The summed E-state index contributed by atoms with van der Waals surface area (Å²) in [5.74, 6) is -1.54. The average molecular weight is 1130 g/mol. The number of phosphoric ester groups is 1. The fourth-order valence-corrected chi connectivity index (χ4v) is 15.4. The molecule has 442 valence electrons. The molecule has 0 amide bonds. The summed E-state index contributed by atoms with van der Waals surface area (Å²) in [5.41, 5.74) is 11.6. The van der Waals surface area contributed by atoms with Gasteiger partial charge < -0.3 is 55.0 Å². The van der Waals surface area contributed by atoms with Gasteiger partial charge in [0, 0.05) is 61.0 Å². The quantitative estimate of drug-likeness (QED) is 0.0104. The molecule has 6 aliphatic rings. The molecule has 9 N–H and O–H groups in total. The molecule has 0 radical (unpaired) electrons. The first kappa shape index (κ1) is 61.7. The van der Waals surface area contributed by atoms with Crippen molar-refractivity contribution in [1.29, 1.82) is 0 Å². The number of likely N-dealkylation sites (N-methyl/N-ethyl adjacent to an activating group) is 1. The number of aliphatic hydroxyl groups excluding tert-OH is 2. The first-order valence-corrected chi connectivity index (χ1v) is 31.1. The minimum atomic E-state index is -5.06. The fraction of sp³-hybridized carbons (Fsp3) is 0.672. The van der Waals surface area contributed by atoms with E-state index in [1.165, 1.54) is 11.6 Å². The number of aryl methyl sites for hydroxylation is 1. The molecule has 1 heterocycles. The molecule has 18 nitrogen and oxygen atoms in total. The van der Waals surface area contributed by atoms with Gasteiger partial charge in [-0.3, -0.25) is 24.4 Å². The number of nitrogens with zero attached hydrogens (tertiary/aromatic N) is 2. The molecule has 4 saturated carbocycles. The number of guanidine groups is 1. The van der Waals surface area contributed by atoms with Crippen LogP contribution in [0.15, 0.2) is 77.3 Å². The summed E-state index contributed by atoms with van der Waals surface area (Å²) in [5, 5.41) is 27.1. The van der Waals surface area contributed by atoms with Crippen LogP contribution in [0.4, 0.5) is 0 Å². The number of carbonyl (C=O) groups excluding carboxylic acids is 3. The third-order valence-electron chi connectivity index (χ3n) is 18.9. The number of carbonyl (C=O) groups is 3. The zero-order valence-corrected chi connectivity index (χ0v) is 48.6. The number of nitrogens with one attached hydrogen (secondary N) is 1. The molecule has 0 bridgehead atoms. The lowest BCUT2D eigenvalue weighted by Crippen LogP contribution is -2.64. The summed E-state index contributed by atoms with van der Waals surface area (Å²) in [6.45, 7) is 6.15. The van der Waals surface area contributed by atoms with E-state index in [1.807, 2.05) is 12.1 Å². The van der Waals surface area contributed by atoms with Crippen molar-refractivity contribution in [1.82, 2.24) is 5.32 Å². The summed E-state index contributed by atoms with van der Waals surface area (Å²) < 4.78 is 43.5. The second-order valence-electron chi connectivity index (χ2n) is 24.8. The summed E-state index contributed by atoms with van der Waals surface area (Å²) in [6.07, 6.45) is 17.2. The summed E-state index contributed by atoms with van der Waals surface area (Å²) in [4.78, 5) is 66.9. The molecule has 11 atom stereocenters. The Morgan fingerprint density at radius 2 is 1.70 bits per heavy atom. The maximum absolute atomic E-state index is 15.5. The number of aliphatic hydroxyl groups is 2. The maximum atomic E-state index is 15.5. The molecule has 0 spiro atoms. The lowest BCUT2D eigenvalue weighted by molar-refractivity contribution is -0.920. The van der Waals surface area contributed by atoms with E-state index < -0.39 is 73.3 Å². The summed E-state index contributed by atoms with van der Waals surface area (Å²) >= 11 is 0. The molecule has 4 unspecified atom stereocenters. The van der Waals surface area contributed by atoms with Crippen LogP contribution in [-0.4, -0.2) is 132 Å². The second-order valence-corrected chi connectivity index (χ2v) is 25.9. The van der Waals surface area contributed by atoms with Gasteiger partial charge in [-0.2, -0.15) is 0 Å². The topological polar surface area (TPSA) is 272 Å². The molecule has 5 fully saturated rings. The highest BCUT2D eigenvalue weighted by Crippen LogP contribution is 2.70. The Balaban J connectivity index is 0.928. The second kappa shape index (κ2) is 26.9. The number of hydrogen-bond acceptors (Lipinski definition) is 13. The minimum absolute atomic E-state index is 0.00201. The number of benzene rings is 2. The van der Waals surface area contributed by atoms with Crippen LogP contribution in [0, 0.1) is 34.5 Å². The van der Waals surface area contributed by atoms with Crippen molar-refractivity contribution < 1.29 is 66.9 Å². The number of aliphatic imine (C=N–C) groups is 1. The molecular formula is C61H91N5O13P+. The number of fused-ring (bicyclic) bond motifs is 7. The van der Waals surface area contributed by atoms with Crippen LogP contribution in [0.25, 0.3) is 0 Å². The molecule has 8 rings (SSSR count). The number of hydrogen-bond donors (Lipinski definition) is 7. The van der Waals surface area contributed by atoms with Gasteiger partial charge in [0.1, 0.15) is 12.3 Å². The maximum Gasteiger partial charge on any atom is 0.524 e. The van der Waals surface area contributed by atoms with Crippen LogP contribution in [0.1, 0.15) is 146 Å². The number of unbranched alkanes of at least 4 members (excludes halogenated alkanes) is 4. The predicted octanol–water partition coefficient (Wildman–Crippen LogP) is 7.44. The van der Waals surface area contributed by atoms with E-state index >= 15 is 4.79 Å². The number of esters is 1. The highest BCUT2D eigenvalue weighted by Gasteiger charge is 2.76. The van der Waals surface area contributed by atoms with Crippen molar-refractivity contribution in [2.45, 2.75) is 172 Å². The van der Waals surface area contributed by atoms with Gasteiger partial charge in [-0.1, -0.05) is 94.0 Å². The largest absolute Gasteiger partial charge is 0.524 e. The van der Waals surface area contributed by atoms with Gasteiger partial charge in [0.25, 0.3) is 0 Å². The summed E-state index contributed by atoms with van der Waals surface area (Å²) in [6, 6.07) is 14.1. The molecular weight excluding hydrogens is 1040 g/mol. The highest BCUT2D eigenvalue weighted by atomic mass is 31.2. The van der Waals surface area contributed by atoms with E-state index in [2.05, 4.69) is 48.4 Å². The zero-order valence-electron chi connectivity index (χ0n) is 47.7. The normalized spacial score (nSPS) is 29.1. The van der Waals surface area contributed by atoms with Crippen LogP contribution in [0.5, 0.6) is 5.75 Å². The third-order valence-corrected chi connectivity index (χ3v) is 19.4. The number of phosphoric acid groups is 1. The van der Waals surface area contributed by atoms with Gasteiger partial charge in [0.05, 0.1) is 32.4 Å². The van der Waals surface area contributed by atoms with Crippen molar-refractivity contribution >= 4 is 31.3 Å². The number of rotatable bonds is 29. The number of ether oxygens (including phenoxy) is 4. The Labute approximate surface area is 473 Å². The van der Waals surface area contributed by atoms with Crippen LogP contribution < -0.4 is 21.3 Å². The molecule has 80 heavy (non-hydrogen) atoms. The lowest BCUT2D eigenvalue weighted by Gasteiger charge is -2.59. The molecule has 2 aromatic carbocycles. The molecule has 1 saturated heterocycles. The molecule has 1 aliphatic heterocycles. The Morgan fingerprint density at radius 1 is 0.963 bits per heavy atom. The standard InChI is InChI=1S/C61H90N5O13P/c1-59-29-28-46(67)35-45(59)25-26-47-48-36-54-61(60(48,2)37-50(68)55(47)59,78-57(77-54)42-21-11-8-12-22-42)53(70)40-76-56(71)49(23-17-31-65-58(62)63)66(3,4)39-44-34-43(24-27-52(44)79-80(72,73)74)51(69)38-64-30-14-5-6-15-32-75-33-16-13-20-41-18-9-7-10-19-41/h7,9-10,18-19,24,27-29,34-35,42,47-51,54-55,57,64,68-69H,5-6,8,11-17,20-23,25-26,30-33,36-40H2,1-4H3,(H5-,62,63,65,72,73,74)/p+1/t47?,48?,49-,50-,51?,54+,55?,57+,59-,60-,61+/m0/s1. The Hall–Kier alpha value is -4.33. The zero-order chi connectivity index (χ0) is 57.3. The van der Waals surface area contributed by atoms with E-state index in [9.17, 15) is 34.2 Å². The molecule has 0 aromatic heterocycles. The molecule has 2 aromatic rings. The average Bonchev–Trinajstić information content (AvgIpc) is 3.11. The number of Topliss-reactive ketones (excluding diaryl/α,β-unsaturated/α-hetero) is 1. The Kier molecular flexibility index (Phi) is 20.8. The summed E-state index contributed by atoms with van der Waals surface area (Å²) in [7, 11) is -1.50. The fourth-order valence-electron chi connectivity index (χ4n) is 14.9. The van der Waals surface area contributed by atoms with Gasteiger partial charge >= 0.3 is 13.8 Å². The number of quaternary nitrogens is 1. The van der Waals surface area contributed by atoms with Crippen molar-refractivity contribution in [3.8, 4) is 5.75 Å². The number of ketones is 2. The highest BCUT2D eigenvalue weighted by molar-refractivity contribution is 7.46. The van der Waals surface area contributed by atoms with Gasteiger partial charge in [-0.15, -0.1) is 0 Å². The molecule has 5 aliphatic carbocycles. The SMILES string of the molecule is C[C@]12C=CC(=O)C=C1CCC1C2[C@@H](O)C[C@@]2(C)C1C[C@H]1O[C@@H](C3CCCCC3)O[C@]12C(=O)COC(=O)[C@H](CCCN=C(N)N)[N+](C)(C)Cc1cc(C(O)CNCCCCCCOCCCCc2ccccc2)ccc1OP(=O)(O)O. The van der Waals surface area contributed by atoms with E-state index in [-0.39, 0.29) is 78.1 Å². The third kappa shape index (κ3) is 14.3. The number of allylic oxidation sites excluding steroid dienone is 4. The van der Waals surface area contributed by atoms with E-state index in [1.54, 1.807) is 38.4 Å². The van der Waals surface area contributed by atoms with Gasteiger partial charge in [0.2, 0.25) is 5.78 Å². The first-order valence-electron chi connectivity index (χ1n) is 29.6. The molecule has 19 heteroatoms. The van der Waals surface area contributed by atoms with Gasteiger partial charge in [-0.05, 0) is 131 Å². The van der Waals surface area contributed by atoms with Crippen molar-refractivity contribution in [3.63, 3.8) is 0 Å². The monoisotopic (exact) mass is 1130 g/mol. The van der Waals surface area contributed by atoms with Crippen molar-refractivity contribution in [2.75, 3.05) is 53.6 Å². The minimum Gasteiger partial charge on any atom is -0.453 e. The van der Waals surface area contributed by atoms with E-state index in [4.69, 9.17) is 34.9 Å². The van der Waals surface area contributed by atoms with Gasteiger partial charge in [0.15, 0.2) is 36.3 Å². The first-order chi connectivity index (χ1) is 38.1. The van der Waals surface area contributed by atoms with Crippen molar-refractivity contribution in [3.05, 3.63) is 89.0 Å². The van der Waals surface area contributed by atoms with Crippen LogP contribution in [-0.2, 0) is 50.9 Å². The van der Waals surface area contributed by atoms with Crippen LogP contribution in [0.2, 0.25) is 0 Å². The predicted molar refractivity (Wildman–Crippen MR) is 304 cm³/mol. The lowest BCUT2D eigenvalue weighted by atomic mass is 9.46. The van der Waals surface area contributed by atoms with Crippen molar-refractivity contribution in [2.24, 2.45) is 51.0 Å². The van der Waals surface area contributed by atoms with E-state index in [0.29, 0.717) is 36.9 Å². The van der Waals surface area contributed by atoms with Crippen LogP contribution in [0.3, 0.4) is 0 Å². The van der Waals surface area contributed by atoms with E-state index in [0.717, 1.165) is 102 Å². The Morgan fingerprint density at radius 3 is 2.44 bits per heavy atom. The van der Waals surface area contributed by atoms with Gasteiger partial charge in [-0.25, -0.2) is 9.36 Å².